The lowest BCUT2D eigenvalue weighted by atomic mass is 9.96. The second-order valence-electron chi connectivity index (χ2n) is 3.67. The topological polar surface area (TPSA) is 60.1 Å². The average Bonchev–Trinajstić information content (AvgIpc) is 3.02. The second kappa shape index (κ2) is 3.84. The molecule has 2 rings (SSSR count). The molecule has 14 heavy (non-hydrogen) atoms. The van der Waals surface area contributed by atoms with Crippen LogP contribution in [0.25, 0.3) is 0 Å². The molecular formula is C9H15NO4. The molecule has 80 valence electrons. The van der Waals surface area contributed by atoms with Gasteiger partial charge in [0.05, 0.1) is 26.4 Å². The highest BCUT2D eigenvalue weighted by molar-refractivity contribution is 5.80. The standard InChI is InChI=1S/C9H15NO4/c1-12-8(11)9(4-7-5-13-7)6-10-2-3-14-9/h7,10H,2-6H2,1H3. The van der Waals surface area contributed by atoms with E-state index in [2.05, 4.69) is 5.32 Å². The van der Waals surface area contributed by atoms with Gasteiger partial charge in [-0.15, -0.1) is 0 Å². The molecule has 2 saturated heterocycles. The summed E-state index contributed by atoms with van der Waals surface area (Å²) < 4.78 is 15.4. The molecule has 2 aliphatic rings. The number of hydrogen-bond donors (Lipinski definition) is 1. The summed E-state index contributed by atoms with van der Waals surface area (Å²) in [5.74, 6) is -0.305. The molecule has 1 N–H and O–H groups in total. The smallest absolute Gasteiger partial charge is 0.339 e. The van der Waals surface area contributed by atoms with Crippen molar-refractivity contribution in [3.8, 4) is 0 Å². The molecule has 0 radical (unpaired) electrons. The molecule has 0 spiro atoms. The molecule has 0 aromatic heterocycles. The number of hydrogen-bond acceptors (Lipinski definition) is 5. The highest BCUT2D eigenvalue weighted by atomic mass is 16.6. The van der Waals surface area contributed by atoms with E-state index in [1.54, 1.807) is 0 Å². The molecule has 0 aliphatic carbocycles. The zero-order chi connectivity index (χ0) is 10.0. The van der Waals surface area contributed by atoms with E-state index in [9.17, 15) is 4.79 Å². The maximum atomic E-state index is 11.6. The molecule has 2 unspecified atom stereocenters. The Bertz CT molecular complexity index is 221. The van der Waals surface area contributed by atoms with E-state index in [1.165, 1.54) is 7.11 Å². The van der Waals surface area contributed by atoms with Gasteiger partial charge in [-0.05, 0) is 0 Å². The van der Waals surface area contributed by atoms with Gasteiger partial charge in [0, 0.05) is 19.5 Å². The Hall–Kier alpha value is -0.650. The van der Waals surface area contributed by atoms with Gasteiger partial charge >= 0.3 is 5.97 Å². The predicted molar refractivity (Wildman–Crippen MR) is 47.9 cm³/mol. The quantitative estimate of drug-likeness (QED) is 0.483. The van der Waals surface area contributed by atoms with Gasteiger partial charge in [0.25, 0.3) is 0 Å². The number of ether oxygens (including phenoxy) is 3. The van der Waals surface area contributed by atoms with E-state index in [-0.39, 0.29) is 12.1 Å². The minimum atomic E-state index is -0.825. The zero-order valence-corrected chi connectivity index (χ0v) is 8.25. The summed E-state index contributed by atoms with van der Waals surface area (Å²) in [5, 5.41) is 3.14. The normalized spacial score (nSPS) is 36.5. The first-order chi connectivity index (χ1) is 6.77. The average molecular weight is 201 g/mol. The van der Waals surface area contributed by atoms with E-state index in [0.717, 1.165) is 13.2 Å². The number of carbonyl (C=O) groups is 1. The van der Waals surface area contributed by atoms with Gasteiger partial charge in [0.1, 0.15) is 0 Å². The summed E-state index contributed by atoms with van der Waals surface area (Å²) in [6.45, 7) is 2.56. The number of carbonyl (C=O) groups excluding carboxylic acids is 1. The number of rotatable bonds is 3. The molecule has 0 aromatic carbocycles. The van der Waals surface area contributed by atoms with Gasteiger partial charge in [-0.25, -0.2) is 4.79 Å². The van der Waals surface area contributed by atoms with Crippen LogP contribution in [0.2, 0.25) is 0 Å². The van der Waals surface area contributed by atoms with Crippen LogP contribution in [0.15, 0.2) is 0 Å². The Morgan fingerprint density at radius 1 is 1.71 bits per heavy atom. The van der Waals surface area contributed by atoms with Gasteiger partial charge in [0.15, 0.2) is 5.60 Å². The largest absolute Gasteiger partial charge is 0.467 e. The lowest BCUT2D eigenvalue weighted by Crippen LogP contribution is -2.56. The van der Waals surface area contributed by atoms with Crippen molar-refractivity contribution in [1.29, 1.82) is 0 Å². The predicted octanol–water partition coefficient (Wildman–Crippen LogP) is -0.693. The molecule has 0 saturated carbocycles. The van der Waals surface area contributed by atoms with Crippen molar-refractivity contribution in [2.24, 2.45) is 0 Å². The third-order valence-corrected chi connectivity index (χ3v) is 2.58. The van der Waals surface area contributed by atoms with Crippen molar-refractivity contribution in [3.05, 3.63) is 0 Å². The second-order valence-corrected chi connectivity index (χ2v) is 3.67. The Labute approximate surface area is 82.7 Å². The van der Waals surface area contributed by atoms with Crippen molar-refractivity contribution in [2.75, 3.05) is 33.4 Å². The molecule has 5 nitrogen and oxygen atoms in total. The summed E-state index contributed by atoms with van der Waals surface area (Å²) in [6.07, 6.45) is 0.751. The molecule has 0 amide bonds. The number of nitrogens with one attached hydrogen (secondary N) is 1. The van der Waals surface area contributed by atoms with Crippen molar-refractivity contribution in [2.45, 2.75) is 18.1 Å². The van der Waals surface area contributed by atoms with E-state index >= 15 is 0 Å². The molecule has 5 heteroatoms. The fourth-order valence-corrected chi connectivity index (χ4v) is 1.75. The number of epoxide rings is 1. The molecular weight excluding hydrogens is 186 g/mol. The van der Waals surface area contributed by atoms with Crippen molar-refractivity contribution >= 4 is 5.97 Å². The number of morpholine rings is 1. The maximum absolute atomic E-state index is 11.6. The van der Waals surface area contributed by atoms with Crippen LogP contribution in [0, 0.1) is 0 Å². The minimum Gasteiger partial charge on any atom is -0.467 e. The van der Waals surface area contributed by atoms with Crippen molar-refractivity contribution < 1.29 is 19.0 Å². The van der Waals surface area contributed by atoms with Gasteiger partial charge < -0.3 is 19.5 Å². The summed E-state index contributed by atoms with van der Waals surface area (Å²) in [4.78, 5) is 11.6. The number of esters is 1. The summed E-state index contributed by atoms with van der Waals surface area (Å²) in [6, 6.07) is 0. The maximum Gasteiger partial charge on any atom is 0.339 e. The summed E-state index contributed by atoms with van der Waals surface area (Å²) >= 11 is 0. The Morgan fingerprint density at radius 2 is 2.50 bits per heavy atom. The lowest BCUT2D eigenvalue weighted by molar-refractivity contribution is -0.174. The van der Waals surface area contributed by atoms with Crippen LogP contribution in [0.4, 0.5) is 0 Å². The van der Waals surface area contributed by atoms with E-state index in [0.29, 0.717) is 19.6 Å². The van der Waals surface area contributed by atoms with Crippen LogP contribution >= 0.6 is 0 Å². The fourth-order valence-electron chi connectivity index (χ4n) is 1.75. The summed E-state index contributed by atoms with van der Waals surface area (Å²) in [7, 11) is 1.38. The zero-order valence-electron chi connectivity index (χ0n) is 8.25. The lowest BCUT2D eigenvalue weighted by Gasteiger charge is -2.34. The van der Waals surface area contributed by atoms with E-state index < -0.39 is 5.60 Å². The Kier molecular flexibility index (Phi) is 2.71. The molecule has 2 atom stereocenters. The third kappa shape index (κ3) is 1.89. The van der Waals surface area contributed by atoms with Crippen LogP contribution in [0.5, 0.6) is 0 Å². The Morgan fingerprint density at radius 3 is 3.00 bits per heavy atom. The first kappa shape index (κ1) is 9.89. The molecule has 0 bridgehead atoms. The molecule has 2 aliphatic heterocycles. The molecule has 0 aromatic rings. The van der Waals surface area contributed by atoms with Gasteiger partial charge in [0.2, 0.25) is 0 Å². The number of methoxy groups -OCH3 is 1. The van der Waals surface area contributed by atoms with Crippen LogP contribution < -0.4 is 5.32 Å². The van der Waals surface area contributed by atoms with Crippen LogP contribution in [-0.2, 0) is 19.0 Å². The fraction of sp³-hybridized carbons (Fsp3) is 0.889. The summed E-state index contributed by atoms with van der Waals surface area (Å²) in [5.41, 5.74) is -0.825. The van der Waals surface area contributed by atoms with Crippen LogP contribution in [0.1, 0.15) is 6.42 Å². The third-order valence-electron chi connectivity index (χ3n) is 2.58. The molecule has 2 fully saturated rings. The molecule has 2 heterocycles. The monoisotopic (exact) mass is 201 g/mol. The highest BCUT2D eigenvalue weighted by Crippen LogP contribution is 2.28. The van der Waals surface area contributed by atoms with E-state index in [4.69, 9.17) is 14.2 Å². The minimum absolute atomic E-state index is 0.161. The SMILES string of the molecule is COC(=O)C1(CC2CO2)CNCCO1. The van der Waals surface area contributed by atoms with E-state index in [1.807, 2.05) is 0 Å². The Balaban J connectivity index is 2.04. The van der Waals surface area contributed by atoms with Crippen LogP contribution in [0.3, 0.4) is 0 Å². The van der Waals surface area contributed by atoms with Gasteiger partial charge in [-0.3, -0.25) is 0 Å². The van der Waals surface area contributed by atoms with Crippen molar-refractivity contribution in [1.82, 2.24) is 5.32 Å². The van der Waals surface area contributed by atoms with Crippen molar-refractivity contribution in [3.63, 3.8) is 0 Å². The van der Waals surface area contributed by atoms with Crippen LogP contribution in [-0.4, -0.2) is 51.1 Å². The first-order valence-corrected chi connectivity index (χ1v) is 4.81. The first-order valence-electron chi connectivity index (χ1n) is 4.81. The van der Waals surface area contributed by atoms with Gasteiger partial charge in [-0.1, -0.05) is 0 Å². The van der Waals surface area contributed by atoms with Gasteiger partial charge in [-0.2, -0.15) is 0 Å². The highest BCUT2D eigenvalue weighted by Gasteiger charge is 2.47.